The van der Waals surface area contributed by atoms with Gasteiger partial charge in [0, 0.05) is 43.0 Å². The Morgan fingerprint density at radius 1 is 1.12 bits per heavy atom. The van der Waals surface area contributed by atoms with Gasteiger partial charge in [-0.3, -0.25) is 4.79 Å². The Morgan fingerprint density at radius 2 is 1.85 bits per heavy atom. The number of aromatic nitrogens is 1. The molecule has 0 spiro atoms. The Bertz CT molecular complexity index is 925. The van der Waals surface area contributed by atoms with Crippen LogP contribution in [-0.2, 0) is 17.8 Å². The van der Waals surface area contributed by atoms with E-state index in [0.717, 1.165) is 12.1 Å². The molecular weight excluding hydrogens is 332 g/mol. The molecule has 26 heavy (non-hydrogen) atoms. The van der Waals surface area contributed by atoms with Crippen LogP contribution in [0.4, 0.5) is 0 Å². The summed E-state index contributed by atoms with van der Waals surface area (Å²) in [6.07, 6.45) is 5.95. The summed E-state index contributed by atoms with van der Waals surface area (Å²) in [5.74, 6) is -0.690. The maximum absolute atomic E-state index is 12.9. The maximum atomic E-state index is 12.9. The van der Waals surface area contributed by atoms with Gasteiger partial charge in [0.05, 0.1) is 6.26 Å². The largest absolute Gasteiger partial charge is 0.479 e. The predicted molar refractivity (Wildman–Crippen MR) is 93.8 cm³/mol. The molecular formula is C20H18N2O4. The zero-order valence-corrected chi connectivity index (χ0v) is 14.0. The lowest BCUT2D eigenvalue weighted by Gasteiger charge is -2.32. The van der Waals surface area contributed by atoms with E-state index in [0.29, 0.717) is 29.9 Å². The number of hydrogen-bond donors (Lipinski definition) is 1. The fourth-order valence-corrected chi connectivity index (χ4v) is 3.41. The summed E-state index contributed by atoms with van der Waals surface area (Å²) in [5, 5.41) is 9.62. The van der Waals surface area contributed by atoms with Gasteiger partial charge >= 0.3 is 5.97 Å². The number of carboxylic acid groups (broad SMARTS) is 1. The van der Waals surface area contributed by atoms with E-state index in [-0.39, 0.29) is 5.91 Å². The number of benzene rings is 1. The zero-order valence-electron chi connectivity index (χ0n) is 14.0. The first-order valence-electron chi connectivity index (χ1n) is 8.43. The van der Waals surface area contributed by atoms with Crippen molar-refractivity contribution in [3.8, 4) is 0 Å². The quantitative estimate of drug-likeness (QED) is 0.785. The van der Waals surface area contributed by atoms with Gasteiger partial charge < -0.3 is 19.0 Å². The number of carbonyl (C=O) groups excluding carboxylic acids is 1. The van der Waals surface area contributed by atoms with Crippen LogP contribution in [-0.4, -0.2) is 33.0 Å². The van der Waals surface area contributed by atoms with Crippen LogP contribution in [0.25, 0.3) is 0 Å². The molecule has 6 heteroatoms. The van der Waals surface area contributed by atoms with E-state index < -0.39 is 12.0 Å². The Balaban J connectivity index is 1.56. The van der Waals surface area contributed by atoms with E-state index in [9.17, 15) is 14.7 Å². The fraction of sp³-hybridized carbons (Fsp3) is 0.200. The molecule has 0 saturated heterocycles. The molecule has 0 radical (unpaired) electrons. The highest BCUT2D eigenvalue weighted by Crippen LogP contribution is 2.32. The molecule has 0 aliphatic carbocycles. The third kappa shape index (κ3) is 2.90. The lowest BCUT2D eigenvalue weighted by atomic mass is 9.98. The van der Waals surface area contributed by atoms with Crippen LogP contribution in [0.3, 0.4) is 0 Å². The second-order valence-electron chi connectivity index (χ2n) is 6.34. The van der Waals surface area contributed by atoms with Gasteiger partial charge in [0.1, 0.15) is 5.76 Å². The summed E-state index contributed by atoms with van der Waals surface area (Å²) in [6.45, 7) is 1.04. The van der Waals surface area contributed by atoms with Crippen molar-refractivity contribution in [2.24, 2.45) is 0 Å². The maximum Gasteiger partial charge on any atom is 0.331 e. The number of rotatable bonds is 4. The van der Waals surface area contributed by atoms with E-state index >= 15 is 0 Å². The highest BCUT2D eigenvalue weighted by atomic mass is 16.4. The monoisotopic (exact) mass is 350 g/mol. The Morgan fingerprint density at radius 3 is 2.54 bits per heavy atom. The molecule has 3 heterocycles. The number of furan rings is 1. The third-order valence-electron chi connectivity index (χ3n) is 4.69. The Labute approximate surface area is 150 Å². The normalized spacial score (nSPS) is 16.3. The van der Waals surface area contributed by atoms with Gasteiger partial charge in [0.25, 0.3) is 5.91 Å². The van der Waals surface area contributed by atoms with Crippen LogP contribution in [0, 0.1) is 0 Å². The number of aliphatic carboxylic acids is 1. The SMILES string of the molecule is O=C(O)C1c2ccoc2CCN1C(=O)c1ccc(Cn2cccc2)cc1. The van der Waals surface area contributed by atoms with Crippen molar-refractivity contribution in [1.29, 1.82) is 0 Å². The van der Waals surface area contributed by atoms with Crippen LogP contribution in [0.1, 0.15) is 33.3 Å². The smallest absolute Gasteiger partial charge is 0.331 e. The number of carbonyl (C=O) groups is 2. The van der Waals surface area contributed by atoms with Gasteiger partial charge in [-0.2, -0.15) is 0 Å². The number of amides is 1. The van der Waals surface area contributed by atoms with Crippen molar-refractivity contribution >= 4 is 11.9 Å². The molecule has 0 bridgehead atoms. The van der Waals surface area contributed by atoms with Gasteiger partial charge in [0.2, 0.25) is 0 Å². The average molecular weight is 350 g/mol. The highest BCUT2D eigenvalue weighted by molar-refractivity contribution is 5.97. The second kappa shape index (κ2) is 6.55. The van der Waals surface area contributed by atoms with Gasteiger partial charge in [-0.15, -0.1) is 0 Å². The van der Waals surface area contributed by atoms with Crippen molar-refractivity contribution in [3.63, 3.8) is 0 Å². The molecule has 1 N–H and O–H groups in total. The molecule has 132 valence electrons. The predicted octanol–water partition coefficient (Wildman–Crippen LogP) is 2.95. The average Bonchev–Trinajstić information content (AvgIpc) is 3.32. The molecule has 1 aliphatic heterocycles. The van der Waals surface area contributed by atoms with E-state index in [1.54, 1.807) is 18.2 Å². The molecule has 1 amide bonds. The molecule has 0 saturated carbocycles. The minimum Gasteiger partial charge on any atom is -0.479 e. The first-order valence-corrected chi connectivity index (χ1v) is 8.43. The summed E-state index contributed by atoms with van der Waals surface area (Å²) in [6, 6.07) is 11.9. The van der Waals surface area contributed by atoms with Crippen LogP contribution >= 0.6 is 0 Å². The van der Waals surface area contributed by atoms with E-state index in [1.165, 1.54) is 11.2 Å². The summed E-state index contributed by atoms with van der Waals surface area (Å²) < 4.78 is 7.38. The second-order valence-corrected chi connectivity index (χ2v) is 6.34. The molecule has 1 atom stereocenters. The first-order chi connectivity index (χ1) is 12.6. The van der Waals surface area contributed by atoms with Crippen LogP contribution in [0.5, 0.6) is 0 Å². The van der Waals surface area contributed by atoms with Gasteiger partial charge in [-0.1, -0.05) is 12.1 Å². The molecule has 6 nitrogen and oxygen atoms in total. The first kappa shape index (κ1) is 16.2. The molecule has 3 aromatic rings. The summed E-state index contributed by atoms with van der Waals surface area (Å²) in [4.78, 5) is 26.1. The molecule has 1 unspecified atom stereocenters. The number of nitrogens with zero attached hydrogens (tertiary/aromatic N) is 2. The van der Waals surface area contributed by atoms with Gasteiger partial charge in [-0.25, -0.2) is 4.79 Å². The zero-order chi connectivity index (χ0) is 18.1. The van der Waals surface area contributed by atoms with E-state index in [1.807, 2.05) is 41.2 Å². The highest BCUT2D eigenvalue weighted by Gasteiger charge is 2.37. The van der Waals surface area contributed by atoms with Crippen LogP contribution in [0.2, 0.25) is 0 Å². The van der Waals surface area contributed by atoms with E-state index in [4.69, 9.17) is 4.42 Å². The fourth-order valence-electron chi connectivity index (χ4n) is 3.41. The lowest BCUT2D eigenvalue weighted by molar-refractivity contribution is -0.143. The lowest BCUT2D eigenvalue weighted by Crippen LogP contribution is -2.43. The van der Waals surface area contributed by atoms with Gasteiger partial charge in [-0.05, 0) is 35.9 Å². The Kier molecular flexibility index (Phi) is 4.08. The van der Waals surface area contributed by atoms with E-state index in [2.05, 4.69) is 0 Å². The molecule has 4 rings (SSSR count). The van der Waals surface area contributed by atoms with Crippen molar-refractivity contribution in [3.05, 3.63) is 83.6 Å². The third-order valence-corrected chi connectivity index (χ3v) is 4.69. The standard InChI is InChI=1S/C20H18N2O4/c23-19(15-5-3-14(4-6-15)13-21-9-1-2-10-21)22-11-7-17-16(8-12-26-17)18(22)20(24)25/h1-6,8-10,12,18H,7,11,13H2,(H,24,25). The molecule has 0 fully saturated rings. The van der Waals surface area contributed by atoms with Crippen molar-refractivity contribution in [2.45, 2.75) is 19.0 Å². The van der Waals surface area contributed by atoms with Crippen LogP contribution in [0.15, 0.2) is 65.5 Å². The number of carboxylic acids is 1. The topological polar surface area (TPSA) is 75.7 Å². The molecule has 1 aromatic carbocycles. The Hall–Kier alpha value is -3.28. The number of hydrogen-bond acceptors (Lipinski definition) is 3. The van der Waals surface area contributed by atoms with Crippen LogP contribution < -0.4 is 0 Å². The molecule has 2 aromatic heterocycles. The summed E-state index contributed by atoms with van der Waals surface area (Å²) in [7, 11) is 0. The van der Waals surface area contributed by atoms with Gasteiger partial charge in [0.15, 0.2) is 6.04 Å². The van der Waals surface area contributed by atoms with Crippen molar-refractivity contribution < 1.29 is 19.1 Å². The minimum atomic E-state index is -1.05. The van der Waals surface area contributed by atoms with Crippen molar-refractivity contribution in [2.75, 3.05) is 6.54 Å². The summed E-state index contributed by atoms with van der Waals surface area (Å²) >= 11 is 0. The summed E-state index contributed by atoms with van der Waals surface area (Å²) in [5.41, 5.74) is 2.11. The minimum absolute atomic E-state index is 0.281. The van der Waals surface area contributed by atoms with Crippen molar-refractivity contribution in [1.82, 2.24) is 9.47 Å². The number of fused-ring (bicyclic) bond motifs is 1. The molecule has 1 aliphatic rings.